The van der Waals surface area contributed by atoms with Crippen molar-refractivity contribution in [2.24, 2.45) is 0 Å². The number of cyclic esters (lactones) is 1. The van der Waals surface area contributed by atoms with Crippen molar-refractivity contribution >= 4 is 11.8 Å². The fourth-order valence-electron chi connectivity index (χ4n) is 0.833. The molecule has 1 N–H and O–H groups in total. The highest BCUT2D eigenvalue weighted by Crippen LogP contribution is 2.20. The Kier molecular flexibility index (Phi) is 1.48. The van der Waals surface area contributed by atoms with Crippen LogP contribution in [-0.4, -0.2) is 29.1 Å². The van der Waals surface area contributed by atoms with E-state index < -0.39 is 17.4 Å². The third-order valence-corrected chi connectivity index (χ3v) is 1.62. The summed E-state index contributed by atoms with van der Waals surface area (Å²) in [4.78, 5) is 21.3. The summed E-state index contributed by atoms with van der Waals surface area (Å²) in [6.07, 6.45) is 0.0845. The van der Waals surface area contributed by atoms with Gasteiger partial charge in [-0.25, -0.2) is 4.79 Å². The Morgan fingerprint density at radius 2 is 2.40 bits per heavy atom. The van der Waals surface area contributed by atoms with E-state index in [-0.39, 0.29) is 13.0 Å². The van der Waals surface area contributed by atoms with Gasteiger partial charge in [0.05, 0.1) is 6.61 Å². The lowest BCUT2D eigenvalue weighted by atomic mass is 9.98. The van der Waals surface area contributed by atoms with Crippen molar-refractivity contribution in [2.45, 2.75) is 18.9 Å². The number of hydrogen-bond acceptors (Lipinski definition) is 4. The van der Waals surface area contributed by atoms with Gasteiger partial charge in [-0.05, 0) is 6.92 Å². The van der Waals surface area contributed by atoms with E-state index in [4.69, 9.17) is 0 Å². The Hall–Kier alpha value is -0.900. The van der Waals surface area contributed by atoms with Crippen LogP contribution in [0.1, 0.15) is 13.3 Å². The zero-order valence-corrected chi connectivity index (χ0v) is 5.59. The molecule has 0 radical (unpaired) electrons. The van der Waals surface area contributed by atoms with Gasteiger partial charge in [0.25, 0.3) is 0 Å². The van der Waals surface area contributed by atoms with Crippen molar-refractivity contribution in [3.05, 3.63) is 0 Å². The van der Waals surface area contributed by atoms with Gasteiger partial charge < -0.3 is 9.84 Å². The molecular formula is C6H8O4. The molecule has 1 fully saturated rings. The highest BCUT2D eigenvalue weighted by Gasteiger charge is 2.46. The minimum absolute atomic E-state index is 0.0845. The molecule has 0 amide bonds. The molecule has 0 aromatic rings. The number of ether oxygens (including phenoxy) is 1. The van der Waals surface area contributed by atoms with Gasteiger partial charge in [-0.1, -0.05) is 0 Å². The SMILES string of the molecule is CC(=O)[C@]1(O)CCOC1=O. The number of ketones is 1. The molecule has 1 heterocycles. The van der Waals surface area contributed by atoms with Gasteiger partial charge in [-0.2, -0.15) is 0 Å². The molecule has 4 heteroatoms. The van der Waals surface area contributed by atoms with Crippen LogP contribution < -0.4 is 0 Å². The number of aliphatic hydroxyl groups is 1. The summed E-state index contributed by atoms with van der Waals surface area (Å²) in [5.74, 6) is -1.37. The van der Waals surface area contributed by atoms with E-state index in [1.54, 1.807) is 0 Å². The molecule has 1 aliphatic rings. The summed E-state index contributed by atoms with van der Waals surface area (Å²) in [5.41, 5.74) is -1.85. The Bertz CT molecular complexity index is 186. The normalized spacial score (nSPS) is 32.0. The molecule has 10 heavy (non-hydrogen) atoms. The Morgan fingerprint density at radius 1 is 1.80 bits per heavy atom. The molecule has 0 aromatic heterocycles. The molecule has 56 valence electrons. The van der Waals surface area contributed by atoms with Crippen LogP contribution in [-0.2, 0) is 14.3 Å². The van der Waals surface area contributed by atoms with E-state index >= 15 is 0 Å². The Labute approximate surface area is 57.8 Å². The molecule has 0 unspecified atom stereocenters. The van der Waals surface area contributed by atoms with E-state index in [0.29, 0.717) is 0 Å². The molecule has 1 rings (SSSR count). The van der Waals surface area contributed by atoms with Crippen molar-refractivity contribution < 1.29 is 19.4 Å². The molecule has 0 aromatic carbocycles. The summed E-state index contributed by atoms with van der Waals surface area (Å²) in [6, 6.07) is 0. The van der Waals surface area contributed by atoms with Crippen LogP contribution in [0.4, 0.5) is 0 Å². The summed E-state index contributed by atoms with van der Waals surface area (Å²) >= 11 is 0. The van der Waals surface area contributed by atoms with Crippen LogP contribution in [0.25, 0.3) is 0 Å². The molecular weight excluding hydrogens is 136 g/mol. The second-order valence-electron chi connectivity index (χ2n) is 2.30. The Balaban J connectivity index is 2.86. The first-order chi connectivity index (χ1) is 4.57. The van der Waals surface area contributed by atoms with Crippen molar-refractivity contribution in [3.63, 3.8) is 0 Å². The number of esters is 1. The zero-order valence-electron chi connectivity index (χ0n) is 5.59. The van der Waals surface area contributed by atoms with Gasteiger partial charge in [0.1, 0.15) is 0 Å². The first-order valence-corrected chi connectivity index (χ1v) is 2.98. The summed E-state index contributed by atoms with van der Waals surface area (Å²) in [7, 11) is 0. The van der Waals surface area contributed by atoms with Gasteiger partial charge in [0.15, 0.2) is 5.78 Å². The van der Waals surface area contributed by atoms with E-state index in [2.05, 4.69) is 4.74 Å². The highest BCUT2D eigenvalue weighted by molar-refractivity contribution is 6.06. The average molecular weight is 144 g/mol. The third-order valence-electron chi connectivity index (χ3n) is 1.62. The lowest BCUT2D eigenvalue weighted by Gasteiger charge is -2.11. The van der Waals surface area contributed by atoms with Crippen molar-refractivity contribution in [3.8, 4) is 0 Å². The monoisotopic (exact) mass is 144 g/mol. The molecule has 0 spiro atoms. The maximum absolute atomic E-state index is 10.6. The summed E-state index contributed by atoms with van der Waals surface area (Å²) in [5, 5.41) is 9.21. The molecule has 0 saturated carbocycles. The largest absolute Gasteiger partial charge is 0.463 e. The number of hydrogen-bond donors (Lipinski definition) is 1. The number of carbonyl (C=O) groups is 2. The zero-order chi connectivity index (χ0) is 7.78. The topological polar surface area (TPSA) is 63.6 Å². The lowest BCUT2D eigenvalue weighted by molar-refractivity contribution is -0.158. The highest BCUT2D eigenvalue weighted by atomic mass is 16.6. The smallest absolute Gasteiger partial charge is 0.346 e. The average Bonchev–Trinajstić information content (AvgIpc) is 2.15. The number of carbonyl (C=O) groups excluding carboxylic acids is 2. The molecule has 0 bridgehead atoms. The van der Waals surface area contributed by atoms with Gasteiger partial charge in [0, 0.05) is 6.42 Å². The fourth-order valence-corrected chi connectivity index (χ4v) is 0.833. The van der Waals surface area contributed by atoms with E-state index in [9.17, 15) is 14.7 Å². The standard InChI is InChI=1S/C6H8O4/c1-4(7)6(9)2-3-10-5(6)8/h9H,2-3H2,1H3/t6-/m1/s1. The predicted molar refractivity (Wildman–Crippen MR) is 31.2 cm³/mol. The first-order valence-electron chi connectivity index (χ1n) is 2.98. The maximum atomic E-state index is 10.6. The minimum atomic E-state index is -1.85. The van der Waals surface area contributed by atoms with Crippen LogP contribution in [0.5, 0.6) is 0 Å². The van der Waals surface area contributed by atoms with Crippen LogP contribution in [0, 0.1) is 0 Å². The predicted octanol–water partition coefficient (Wildman–Crippen LogP) is -0.747. The summed E-state index contributed by atoms with van der Waals surface area (Å²) in [6.45, 7) is 1.31. The van der Waals surface area contributed by atoms with E-state index in [1.165, 1.54) is 6.92 Å². The molecule has 0 aliphatic carbocycles. The third kappa shape index (κ3) is 0.806. The van der Waals surface area contributed by atoms with Crippen LogP contribution in [0.15, 0.2) is 0 Å². The number of rotatable bonds is 1. The van der Waals surface area contributed by atoms with Gasteiger partial charge >= 0.3 is 5.97 Å². The van der Waals surface area contributed by atoms with E-state index in [1.807, 2.05) is 0 Å². The molecule has 1 atom stereocenters. The van der Waals surface area contributed by atoms with Crippen molar-refractivity contribution in [1.82, 2.24) is 0 Å². The maximum Gasteiger partial charge on any atom is 0.346 e. The van der Waals surface area contributed by atoms with Gasteiger partial charge in [-0.3, -0.25) is 4.79 Å². The van der Waals surface area contributed by atoms with Crippen LogP contribution in [0.2, 0.25) is 0 Å². The van der Waals surface area contributed by atoms with Crippen molar-refractivity contribution in [1.29, 1.82) is 0 Å². The van der Waals surface area contributed by atoms with Crippen LogP contribution in [0.3, 0.4) is 0 Å². The molecule has 1 aliphatic heterocycles. The van der Waals surface area contributed by atoms with Gasteiger partial charge in [-0.15, -0.1) is 0 Å². The first kappa shape index (κ1) is 7.21. The summed E-state index contributed by atoms with van der Waals surface area (Å²) < 4.78 is 4.42. The number of Topliss-reactive ketones (excluding diaryl/α,β-unsaturated/α-hetero) is 1. The molecule has 1 saturated heterocycles. The fraction of sp³-hybridized carbons (Fsp3) is 0.667. The second-order valence-corrected chi connectivity index (χ2v) is 2.30. The quantitative estimate of drug-likeness (QED) is 0.388. The second kappa shape index (κ2) is 2.05. The Morgan fingerprint density at radius 3 is 2.60 bits per heavy atom. The van der Waals surface area contributed by atoms with Crippen LogP contribution >= 0.6 is 0 Å². The molecule has 4 nitrogen and oxygen atoms in total. The lowest BCUT2D eigenvalue weighted by Crippen LogP contribution is -2.41. The van der Waals surface area contributed by atoms with E-state index in [0.717, 1.165) is 0 Å². The minimum Gasteiger partial charge on any atom is -0.463 e. The van der Waals surface area contributed by atoms with Gasteiger partial charge in [0.2, 0.25) is 5.60 Å². The van der Waals surface area contributed by atoms with Crippen molar-refractivity contribution in [2.75, 3.05) is 6.61 Å².